The molecular weight excluding hydrogens is 242 g/mol. The molecule has 0 saturated carbocycles. The van der Waals surface area contributed by atoms with Crippen LogP contribution >= 0.6 is 11.6 Å². The average molecular weight is 256 g/mol. The fourth-order valence-electron chi connectivity index (χ4n) is 1.33. The van der Waals surface area contributed by atoms with Gasteiger partial charge in [0.05, 0.1) is 5.38 Å². The summed E-state index contributed by atoms with van der Waals surface area (Å²) in [6.07, 6.45) is 0. The van der Waals surface area contributed by atoms with Crippen molar-refractivity contribution in [3.05, 3.63) is 22.6 Å². The van der Waals surface area contributed by atoms with Crippen molar-refractivity contribution in [3.63, 3.8) is 0 Å². The fraction of sp³-hybridized carbons (Fsp3) is 0.500. The number of alkyl halides is 1. The van der Waals surface area contributed by atoms with Crippen LogP contribution in [0.4, 0.5) is 5.82 Å². The second kappa shape index (κ2) is 4.75. The van der Waals surface area contributed by atoms with Crippen molar-refractivity contribution in [2.24, 2.45) is 5.92 Å². The van der Waals surface area contributed by atoms with Crippen LogP contribution in [0.15, 0.2) is 16.9 Å². The highest BCUT2D eigenvalue weighted by Gasteiger charge is 2.09. The highest BCUT2D eigenvalue weighted by atomic mass is 35.5. The zero-order valence-electron chi connectivity index (χ0n) is 9.64. The van der Waals surface area contributed by atoms with Crippen LogP contribution in [0.2, 0.25) is 0 Å². The average Bonchev–Trinajstić information content (AvgIpc) is 2.68. The van der Waals surface area contributed by atoms with Crippen molar-refractivity contribution < 1.29 is 0 Å². The Balaban J connectivity index is 2.14. The number of hydrogen-bond donors (Lipinski definition) is 2. The molecule has 0 saturated heterocycles. The first-order valence-electron chi connectivity index (χ1n) is 5.40. The molecule has 0 spiro atoms. The molecule has 2 heterocycles. The summed E-state index contributed by atoms with van der Waals surface area (Å²) in [4.78, 5) is 11.3. The minimum atomic E-state index is -0.352. The number of aromatic amines is 1. The van der Waals surface area contributed by atoms with E-state index in [1.165, 1.54) is 4.52 Å². The van der Waals surface area contributed by atoms with E-state index in [1.54, 1.807) is 12.1 Å². The van der Waals surface area contributed by atoms with E-state index in [-0.39, 0.29) is 11.1 Å². The summed E-state index contributed by atoms with van der Waals surface area (Å²) in [6, 6.07) is 3.48. The van der Waals surface area contributed by atoms with E-state index in [0.29, 0.717) is 23.9 Å². The number of aromatic nitrogens is 4. The topological polar surface area (TPSA) is 75.1 Å². The number of fused-ring (bicyclic) bond motifs is 1. The van der Waals surface area contributed by atoms with Crippen molar-refractivity contribution in [2.45, 2.75) is 19.2 Å². The lowest BCUT2D eigenvalue weighted by Crippen LogP contribution is -2.21. The van der Waals surface area contributed by atoms with Crippen molar-refractivity contribution in [1.82, 2.24) is 19.8 Å². The minimum Gasteiger partial charge on any atom is -0.367 e. The van der Waals surface area contributed by atoms with E-state index in [2.05, 4.69) is 34.5 Å². The molecule has 1 unspecified atom stereocenters. The van der Waals surface area contributed by atoms with Gasteiger partial charge in [0.25, 0.3) is 0 Å². The lowest BCUT2D eigenvalue weighted by Gasteiger charge is -2.14. The van der Waals surface area contributed by atoms with Crippen LogP contribution in [0.1, 0.15) is 13.8 Å². The van der Waals surface area contributed by atoms with Crippen molar-refractivity contribution in [1.29, 1.82) is 0 Å². The number of halogens is 1. The summed E-state index contributed by atoms with van der Waals surface area (Å²) in [5, 5.41) is 13.3. The second-order valence-corrected chi connectivity index (χ2v) is 4.72. The molecule has 7 heteroatoms. The number of H-pyrrole nitrogens is 1. The molecule has 0 aliphatic carbocycles. The number of anilines is 1. The van der Waals surface area contributed by atoms with Gasteiger partial charge in [-0.1, -0.05) is 13.8 Å². The van der Waals surface area contributed by atoms with Gasteiger partial charge in [0.2, 0.25) is 0 Å². The molecule has 0 bridgehead atoms. The summed E-state index contributed by atoms with van der Waals surface area (Å²) in [7, 11) is 0. The monoisotopic (exact) mass is 255 g/mol. The predicted molar refractivity (Wildman–Crippen MR) is 66.6 cm³/mol. The molecular formula is C10H14ClN5O. The van der Waals surface area contributed by atoms with E-state index in [9.17, 15) is 4.79 Å². The van der Waals surface area contributed by atoms with Crippen LogP contribution < -0.4 is 11.0 Å². The Kier molecular flexibility index (Phi) is 3.33. The number of rotatable bonds is 4. The maximum absolute atomic E-state index is 11.3. The largest absolute Gasteiger partial charge is 0.367 e. The van der Waals surface area contributed by atoms with Gasteiger partial charge in [-0.2, -0.15) is 9.61 Å². The van der Waals surface area contributed by atoms with Gasteiger partial charge in [0.15, 0.2) is 5.65 Å². The number of hydrogen-bond acceptors (Lipinski definition) is 4. The van der Waals surface area contributed by atoms with Gasteiger partial charge in [-0.05, 0) is 18.1 Å². The molecule has 0 aliphatic heterocycles. The fourth-order valence-corrected chi connectivity index (χ4v) is 1.41. The van der Waals surface area contributed by atoms with E-state index in [4.69, 9.17) is 11.6 Å². The van der Waals surface area contributed by atoms with Crippen LogP contribution in [0, 0.1) is 5.92 Å². The number of nitrogens with zero attached hydrogens (tertiary/aromatic N) is 3. The first-order valence-corrected chi connectivity index (χ1v) is 5.84. The summed E-state index contributed by atoms with van der Waals surface area (Å²) < 4.78 is 1.21. The van der Waals surface area contributed by atoms with Gasteiger partial charge in [0.1, 0.15) is 5.82 Å². The third-order valence-electron chi connectivity index (χ3n) is 2.48. The van der Waals surface area contributed by atoms with Gasteiger partial charge in [-0.15, -0.1) is 16.7 Å². The highest BCUT2D eigenvalue weighted by Crippen LogP contribution is 2.10. The number of nitrogens with one attached hydrogen (secondary N) is 2. The molecule has 2 aromatic rings. The Morgan fingerprint density at radius 2 is 2.29 bits per heavy atom. The zero-order valence-corrected chi connectivity index (χ0v) is 10.4. The lowest BCUT2D eigenvalue weighted by molar-refractivity contribution is 0.615. The molecule has 6 nitrogen and oxygen atoms in total. The van der Waals surface area contributed by atoms with Crippen molar-refractivity contribution >= 4 is 23.1 Å². The Morgan fingerprint density at radius 1 is 1.53 bits per heavy atom. The molecule has 0 amide bonds. The van der Waals surface area contributed by atoms with E-state index >= 15 is 0 Å². The summed E-state index contributed by atoms with van der Waals surface area (Å²) in [6.45, 7) is 4.71. The molecule has 92 valence electrons. The quantitative estimate of drug-likeness (QED) is 0.802. The Hall–Kier alpha value is -1.56. The first-order chi connectivity index (χ1) is 8.08. The van der Waals surface area contributed by atoms with Crippen LogP contribution in [0.3, 0.4) is 0 Å². The molecule has 2 aromatic heterocycles. The first kappa shape index (κ1) is 11.9. The highest BCUT2D eigenvalue weighted by molar-refractivity contribution is 6.21. The Labute approximate surface area is 103 Å². The van der Waals surface area contributed by atoms with Crippen molar-refractivity contribution in [2.75, 3.05) is 11.9 Å². The predicted octanol–water partition coefficient (Wildman–Crippen LogP) is 1.09. The third-order valence-corrected chi connectivity index (χ3v) is 3.13. The van der Waals surface area contributed by atoms with E-state index < -0.39 is 0 Å². The van der Waals surface area contributed by atoms with Crippen LogP contribution in [-0.4, -0.2) is 31.7 Å². The standard InChI is InChI=1S/C10H14ClN5O/c1-6(2)7(11)5-12-8-3-4-9-13-14-10(17)16(9)15-8/h3-4,6-7H,5H2,1-2H3,(H,12,15)(H,14,17). The Bertz CT molecular complexity index is 561. The summed E-state index contributed by atoms with van der Waals surface area (Å²) in [5.74, 6) is 0.983. The summed E-state index contributed by atoms with van der Waals surface area (Å²) in [5.41, 5.74) is 0.141. The maximum atomic E-state index is 11.3. The van der Waals surface area contributed by atoms with Crippen molar-refractivity contribution in [3.8, 4) is 0 Å². The minimum absolute atomic E-state index is 0.0218. The zero-order chi connectivity index (χ0) is 12.4. The maximum Gasteiger partial charge on any atom is 0.364 e. The third kappa shape index (κ3) is 2.58. The van der Waals surface area contributed by atoms with Gasteiger partial charge in [-0.3, -0.25) is 0 Å². The van der Waals surface area contributed by atoms with Gasteiger partial charge >= 0.3 is 5.69 Å². The molecule has 0 aromatic carbocycles. The van der Waals surface area contributed by atoms with Gasteiger partial charge < -0.3 is 5.32 Å². The van der Waals surface area contributed by atoms with E-state index in [0.717, 1.165) is 0 Å². The SMILES string of the molecule is CC(C)C(Cl)CNc1ccc2n[nH]c(=O)n2n1. The molecule has 1 atom stereocenters. The molecule has 2 rings (SSSR count). The Morgan fingerprint density at radius 3 is 3.00 bits per heavy atom. The summed E-state index contributed by atoms with van der Waals surface area (Å²) >= 11 is 6.12. The van der Waals surface area contributed by atoms with E-state index in [1.807, 2.05) is 0 Å². The van der Waals surface area contributed by atoms with Gasteiger partial charge in [0, 0.05) is 6.54 Å². The molecule has 0 aliphatic rings. The smallest absolute Gasteiger partial charge is 0.364 e. The van der Waals surface area contributed by atoms with Crippen LogP contribution in [0.25, 0.3) is 5.65 Å². The second-order valence-electron chi connectivity index (χ2n) is 4.16. The van der Waals surface area contributed by atoms with Gasteiger partial charge in [-0.25, -0.2) is 9.89 Å². The molecule has 0 radical (unpaired) electrons. The molecule has 2 N–H and O–H groups in total. The van der Waals surface area contributed by atoms with Crippen LogP contribution in [0.5, 0.6) is 0 Å². The molecule has 17 heavy (non-hydrogen) atoms. The van der Waals surface area contributed by atoms with Crippen LogP contribution in [-0.2, 0) is 0 Å². The lowest BCUT2D eigenvalue weighted by atomic mass is 10.1. The molecule has 0 fully saturated rings. The normalized spacial score (nSPS) is 13.2.